The first-order chi connectivity index (χ1) is 10.8. The van der Waals surface area contributed by atoms with Crippen LogP contribution in [0.1, 0.15) is 6.23 Å². The van der Waals surface area contributed by atoms with Crippen molar-refractivity contribution in [2.45, 2.75) is 18.4 Å². The zero-order chi connectivity index (χ0) is 16.8. The second-order valence-corrected chi connectivity index (χ2v) is 7.08. The van der Waals surface area contributed by atoms with Crippen LogP contribution in [0.2, 0.25) is 0 Å². The van der Waals surface area contributed by atoms with Crippen LogP contribution in [0.25, 0.3) is 11.2 Å². The highest BCUT2D eigenvalue weighted by Crippen LogP contribution is 2.44. The number of fused-ring (bicyclic) bond motifs is 1. The lowest BCUT2D eigenvalue weighted by atomic mass is 10.0. The number of hydrogen-bond acceptors (Lipinski definition) is 8. The molecule has 0 saturated carbocycles. The average Bonchev–Trinajstić information content (AvgIpc) is 3.01. The first-order valence-corrected chi connectivity index (χ1v) is 8.62. The Balaban J connectivity index is 1.96. The van der Waals surface area contributed by atoms with Crippen molar-refractivity contribution in [3.8, 4) is 0 Å². The number of imidazole rings is 1. The zero-order valence-electron chi connectivity index (χ0n) is 11.9. The molecule has 3 heterocycles. The number of aromatic nitrogens is 4. The maximum atomic E-state index is 11.3. The number of anilines is 1. The van der Waals surface area contributed by atoms with E-state index < -0.39 is 38.1 Å². The van der Waals surface area contributed by atoms with Gasteiger partial charge in [0.25, 0.3) is 0 Å². The van der Waals surface area contributed by atoms with Crippen molar-refractivity contribution in [2.75, 3.05) is 18.4 Å². The SMILES string of the molecule is NC[C@H]1O[C@@H](n2cnc3c(N)ncnc32)[C@H](O)[C@@H]1CP(=O)(O)O. The van der Waals surface area contributed by atoms with Crippen molar-refractivity contribution < 1.29 is 24.2 Å². The van der Waals surface area contributed by atoms with Gasteiger partial charge in [-0.1, -0.05) is 0 Å². The number of nitrogen functional groups attached to an aromatic ring is 1. The Hall–Kier alpha value is -1.62. The van der Waals surface area contributed by atoms with Crippen molar-refractivity contribution in [1.82, 2.24) is 19.5 Å². The van der Waals surface area contributed by atoms with E-state index in [1.165, 1.54) is 17.2 Å². The van der Waals surface area contributed by atoms with Gasteiger partial charge in [-0.2, -0.15) is 0 Å². The number of hydrogen-bond donors (Lipinski definition) is 5. The summed E-state index contributed by atoms with van der Waals surface area (Å²) in [7, 11) is -4.33. The minimum Gasteiger partial charge on any atom is -0.388 e. The number of nitrogens with two attached hydrogens (primary N) is 2. The molecule has 7 N–H and O–H groups in total. The molecule has 0 aromatic carbocycles. The second-order valence-electron chi connectivity index (χ2n) is 5.39. The Bertz CT molecular complexity index is 762. The van der Waals surface area contributed by atoms with Crippen molar-refractivity contribution >= 4 is 24.6 Å². The van der Waals surface area contributed by atoms with E-state index in [9.17, 15) is 19.5 Å². The summed E-state index contributed by atoms with van der Waals surface area (Å²) in [4.78, 5) is 30.3. The maximum Gasteiger partial charge on any atom is 0.326 e. The highest BCUT2D eigenvalue weighted by Gasteiger charge is 2.46. The molecule has 0 aliphatic carbocycles. The molecular formula is C11H17N6O5P. The number of ether oxygens (including phenoxy) is 1. The van der Waals surface area contributed by atoms with Crippen molar-refractivity contribution in [3.05, 3.63) is 12.7 Å². The average molecular weight is 344 g/mol. The molecule has 0 radical (unpaired) electrons. The van der Waals surface area contributed by atoms with E-state index >= 15 is 0 Å². The fourth-order valence-electron chi connectivity index (χ4n) is 2.81. The van der Waals surface area contributed by atoms with Gasteiger partial charge in [0.1, 0.15) is 17.9 Å². The van der Waals surface area contributed by atoms with Crippen LogP contribution in [0.15, 0.2) is 12.7 Å². The van der Waals surface area contributed by atoms with Gasteiger partial charge < -0.3 is 31.1 Å². The number of aliphatic hydroxyl groups excluding tert-OH is 1. The van der Waals surface area contributed by atoms with Crippen LogP contribution in [0, 0.1) is 5.92 Å². The first-order valence-electron chi connectivity index (χ1n) is 6.83. The van der Waals surface area contributed by atoms with E-state index in [0.29, 0.717) is 11.2 Å². The van der Waals surface area contributed by atoms with Gasteiger partial charge in [-0.15, -0.1) is 0 Å². The Morgan fingerprint density at radius 1 is 1.35 bits per heavy atom. The van der Waals surface area contributed by atoms with Crippen molar-refractivity contribution in [1.29, 1.82) is 0 Å². The molecule has 11 nitrogen and oxygen atoms in total. The molecule has 1 aliphatic heterocycles. The van der Waals surface area contributed by atoms with Crippen LogP contribution < -0.4 is 11.5 Å². The highest BCUT2D eigenvalue weighted by molar-refractivity contribution is 7.51. The first kappa shape index (κ1) is 16.2. The van der Waals surface area contributed by atoms with Gasteiger partial charge in [-0.05, 0) is 0 Å². The molecule has 4 atom stereocenters. The van der Waals surface area contributed by atoms with E-state index in [0.717, 1.165) is 0 Å². The molecule has 0 unspecified atom stereocenters. The van der Waals surface area contributed by atoms with E-state index in [2.05, 4.69) is 15.0 Å². The Morgan fingerprint density at radius 2 is 2.09 bits per heavy atom. The van der Waals surface area contributed by atoms with Gasteiger partial charge in [-0.3, -0.25) is 9.13 Å². The smallest absolute Gasteiger partial charge is 0.326 e. The summed E-state index contributed by atoms with van der Waals surface area (Å²) in [5.41, 5.74) is 12.0. The van der Waals surface area contributed by atoms with Crippen LogP contribution in [0.4, 0.5) is 5.82 Å². The van der Waals surface area contributed by atoms with Gasteiger partial charge in [0.05, 0.1) is 18.6 Å². The van der Waals surface area contributed by atoms with E-state index in [-0.39, 0.29) is 12.4 Å². The highest BCUT2D eigenvalue weighted by atomic mass is 31.2. The summed E-state index contributed by atoms with van der Waals surface area (Å²) < 4.78 is 18.4. The summed E-state index contributed by atoms with van der Waals surface area (Å²) in [6.45, 7) is 0.0159. The minimum absolute atomic E-state index is 0.0159. The van der Waals surface area contributed by atoms with Crippen LogP contribution in [-0.4, -0.2) is 59.3 Å². The van der Waals surface area contributed by atoms with Gasteiger partial charge >= 0.3 is 7.60 Å². The monoisotopic (exact) mass is 344 g/mol. The molecule has 1 fully saturated rings. The number of aliphatic hydroxyl groups is 1. The molecule has 1 aliphatic rings. The lowest BCUT2D eigenvalue weighted by Gasteiger charge is -2.19. The Kier molecular flexibility index (Phi) is 4.08. The standard InChI is InChI=1S/C11H17N6O5P/c12-1-6-5(2-23(19,20)21)8(18)11(22-6)17-4-16-7-9(13)14-3-15-10(7)17/h3-6,8,11,18H,1-2,12H2,(H2,13,14,15)(H2,19,20,21)/t5-,6-,8-,11-/m1/s1. The molecule has 0 bridgehead atoms. The molecule has 0 spiro atoms. The van der Waals surface area contributed by atoms with Crippen LogP contribution in [0.3, 0.4) is 0 Å². The van der Waals surface area contributed by atoms with Crippen LogP contribution >= 0.6 is 7.60 Å². The van der Waals surface area contributed by atoms with E-state index in [4.69, 9.17) is 16.2 Å². The number of nitrogens with zero attached hydrogens (tertiary/aromatic N) is 4. The van der Waals surface area contributed by atoms with Crippen LogP contribution in [-0.2, 0) is 9.30 Å². The summed E-state index contributed by atoms with van der Waals surface area (Å²) in [6.07, 6.45) is -0.665. The summed E-state index contributed by atoms with van der Waals surface area (Å²) in [5, 5.41) is 10.5. The predicted octanol–water partition coefficient (Wildman–Crippen LogP) is -1.58. The second kappa shape index (κ2) is 5.78. The van der Waals surface area contributed by atoms with Crippen molar-refractivity contribution in [3.63, 3.8) is 0 Å². The normalized spacial score (nSPS) is 28.5. The summed E-state index contributed by atoms with van der Waals surface area (Å²) in [6, 6.07) is 0. The van der Waals surface area contributed by atoms with Crippen LogP contribution in [0.5, 0.6) is 0 Å². The van der Waals surface area contributed by atoms with E-state index in [1.807, 2.05) is 0 Å². The lowest BCUT2D eigenvalue weighted by Crippen LogP contribution is -2.33. The quantitative estimate of drug-likeness (QED) is 0.406. The molecule has 23 heavy (non-hydrogen) atoms. The molecule has 126 valence electrons. The topological polar surface area (TPSA) is 183 Å². The Morgan fingerprint density at radius 3 is 2.74 bits per heavy atom. The Labute approximate surface area is 130 Å². The fourth-order valence-corrected chi connectivity index (χ4v) is 3.81. The maximum absolute atomic E-state index is 11.3. The lowest BCUT2D eigenvalue weighted by molar-refractivity contribution is -0.0321. The third-order valence-corrected chi connectivity index (χ3v) is 4.76. The largest absolute Gasteiger partial charge is 0.388 e. The predicted molar refractivity (Wildman–Crippen MR) is 79.1 cm³/mol. The molecule has 2 aromatic rings. The summed E-state index contributed by atoms with van der Waals surface area (Å²) >= 11 is 0. The zero-order valence-corrected chi connectivity index (χ0v) is 12.8. The van der Waals surface area contributed by atoms with Gasteiger partial charge in [0.15, 0.2) is 17.7 Å². The van der Waals surface area contributed by atoms with Gasteiger partial charge in [0.2, 0.25) is 0 Å². The van der Waals surface area contributed by atoms with Gasteiger partial charge in [-0.25, -0.2) is 15.0 Å². The molecule has 2 aromatic heterocycles. The molecule has 3 rings (SSSR count). The fraction of sp³-hybridized carbons (Fsp3) is 0.545. The van der Waals surface area contributed by atoms with Gasteiger partial charge in [0, 0.05) is 12.5 Å². The van der Waals surface area contributed by atoms with Crippen molar-refractivity contribution in [2.24, 2.45) is 11.7 Å². The molecule has 12 heteroatoms. The minimum atomic E-state index is -4.33. The third-order valence-electron chi connectivity index (χ3n) is 3.86. The third kappa shape index (κ3) is 2.94. The molecule has 1 saturated heterocycles. The number of rotatable bonds is 4. The molecular weight excluding hydrogens is 327 g/mol. The van der Waals surface area contributed by atoms with E-state index in [1.54, 1.807) is 0 Å². The molecule has 0 amide bonds. The summed E-state index contributed by atoms with van der Waals surface area (Å²) in [5.74, 6) is -0.620.